The third-order valence-electron chi connectivity index (χ3n) is 5.94. The first-order valence-electron chi connectivity index (χ1n) is 11.9. The zero-order chi connectivity index (χ0) is 23.9. The minimum Gasteiger partial charge on any atom is -0.493 e. The van der Waals surface area contributed by atoms with Gasteiger partial charge in [-0.05, 0) is 42.3 Å². The molecule has 180 valence electrons. The molecular weight excluding hydrogens is 442 g/mol. The quantitative estimate of drug-likeness (QED) is 0.487. The summed E-state index contributed by atoms with van der Waals surface area (Å²) in [5.41, 5.74) is 3.67. The lowest BCUT2D eigenvalue weighted by Crippen LogP contribution is -2.48. The number of nitrogens with zero attached hydrogens (tertiary/aromatic N) is 4. The minimum absolute atomic E-state index is 0.0230. The van der Waals surface area contributed by atoms with E-state index in [2.05, 4.69) is 16.4 Å². The highest BCUT2D eigenvalue weighted by Crippen LogP contribution is 2.24. The minimum atomic E-state index is 0.0230. The second-order valence-electron chi connectivity index (χ2n) is 8.49. The number of anilines is 2. The fourth-order valence-corrected chi connectivity index (χ4v) is 4.15. The molecule has 0 radical (unpaired) electrons. The van der Waals surface area contributed by atoms with Crippen LogP contribution in [-0.2, 0) is 11.3 Å². The van der Waals surface area contributed by atoms with Gasteiger partial charge < -0.3 is 24.6 Å². The van der Waals surface area contributed by atoms with Crippen LogP contribution in [0.5, 0.6) is 5.75 Å². The summed E-state index contributed by atoms with van der Waals surface area (Å²) in [6.07, 6.45) is 6.61. The van der Waals surface area contributed by atoms with E-state index in [-0.39, 0.29) is 6.03 Å². The summed E-state index contributed by atoms with van der Waals surface area (Å²) in [5, 5.41) is 3.31. The van der Waals surface area contributed by atoms with Crippen LogP contribution in [0.2, 0.25) is 0 Å². The second kappa shape index (κ2) is 11.0. The molecule has 35 heavy (non-hydrogen) atoms. The summed E-state index contributed by atoms with van der Waals surface area (Å²) in [7, 11) is 0. The van der Waals surface area contributed by atoms with Crippen LogP contribution in [0, 0.1) is 0 Å². The highest BCUT2D eigenvalue weighted by molar-refractivity contribution is 5.75. The lowest BCUT2D eigenvalue weighted by atomic mass is 10.1. The molecule has 0 saturated carbocycles. The highest BCUT2D eigenvalue weighted by atomic mass is 16.5. The fraction of sp³-hybridized carbons (Fsp3) is 0.296. The predicted octanol–water partition coefficient (Wildman–Crippen LogP) is 4.48. The molecule has 2 aromatic carbocycles. The van der Waals surface area contributed by atoms with Crippen molar-refractivity contribution in [1.82, 2.24) is 19.8 Å². The van der Waals surface area contributed by atoms with E-state index in [9.17, 15) is 4.79 Å². The first-order chi connectivity index (χ1) is 17.2. The van der Waals surface area contributed by atoms with Gasteiger partial charge in [0.25, 0.3) is 0 Å². The topological polar surface area (TPSA) is 79.8 Å². The van der Waals surface area contributed by atoms with E-state index in [1.807, 2.05) is 70.5 Å². The highest BCUT2D eigenvalue weighted by Gasteiger charge is 2.22. The molecule has 1 aromatic heterocycles. The number of ether oxygens (including phenoxy) is 2. The van der Waals surface area contributed by atoms with E-state index in [4.69, 9.17) is 14.5 Å². The van der Waals surface area contributed by atoms with Gasteiger partial charge in [0.15, 0.2) is 0 Å². The number of nitrogens with one attached hydrogen (secondary N) is 1. The Morgan fingerprint density at radius 1 is 0.943 bits per heavy atom. The molecule has 2 aliphatic rings. The normalized spacial score (nSPS) is 17.4. The van der Waals surface area contributed by atoms with Crippen LogP contribution < -0.4 is 10.1 Å². The van der Waals surface area contributed by atoms with Crippen LogP contribution in [0.15, 0.2) is 72.9 Å². The molecule has 8 nitrogen and oxygen atoms in total. The van der Waals surface area contributed by atoms with Crippen LogP contribution >= 0.6 is 0 Å². The van der Waals surface area contributed by atoms with Crippen LogP contribution in [0.3, 0.4) is 0 Å². The third-order valence-corrected chi connectivity index (χ3v) is 5.94. The molecule has 6 bridgehead atoms. The molecule has 1 fully saturated rings. The van der Waals surface area contributed by atoms with Crippen molar-refractivity contribution in [3.8, 4) is 17.0 Å². The Bertz CT molecular complexity index is 1190. The van der Waals surface area contributed by atoms with Crippen LogP contribution in [0.1, 0.15) is 12.0 Å². The summed E-state index contributed by atoms with van der Waals surface area (Å²) >= 11 is 0. The van der Waals surface area contributed by atoms with Crippen molar-refractivity contribution in [3.63, 3.8) is 0 Å². The number of hydrogen-bond donors (Lipinski definition) is 1. The zero-order valence-corrected chi connectivity index (χ0v) is 19.6. The molecule has 1 N–H and O–H groups in total. The number of carbonyl (C=O) groups excluding carboxylic acids is 1. The molecule has 3 heterocycles. The van der Waals surface area contributed by atoms with Crippen LogP contribution in [-0.4, -0.2) is 65.3 Å². The van der Waals surface area contributed by atoms with Gasteiger partial charge >= 0.3 is 6.03 Å². The Morgan fingerprint density at radius 2 is 1.83 bits per heavy atom. The number of aromatic nitrogens is 2. The number of amides is 2. The number of rotatable bonds is 0. The molecule has 0 unspecified atom stereocenters. The standard InChI is InChI=1S/C27H29N5O3/c33-27(31-13-16-34-17-14-31)32-12-2-1-3-15-35-24-9-5-7-22(19-24)25-10-11-28-26(30-25)29-23-8-4-6-21(18-23)20-32/h1-2,4-11,18-19H,3,12-17,20H2,(H,28,29,30)/b2-1+. The maximum absolute atomic E-state index is 13.3. The molecule has 0 atom stereocenters. The van der Waals surface area contributed by atoms with Crippen molar-refractivity contribution < 1.29 is 14.3 Å². The molecule has 1 saturated heterocycles. The number of morpholine rings is 1. The van der Waals surface area contributed by atoms with Crippen LogP contribution in [0.4, 0.5) is 16.4 Å². The summed E-state index contributed by atoms with van der Waals surface area (Å²) < 4.78 is 11.4. The average Bonchev–Trinajstić information content (AvgIpc) is 2.90. The van der Waals surface area contributed by atoms with Crippen molar-refractivity contribution >= 4 is 17.7 Å². The van der Waals surface area contributed by atoms with Gasteiger partial charge in [-0.25, -0.2) is 14.8 Å². The smallest absolute Gasteiger partial charge is 0.320 e. The Kier molecular flexibility index (Phi) is 7.19. The third kappa shape index (κ3) is 5.96. The van der Waals surface area contributed by atoms with Gasteiger partial charge in [-0.1, -0.05) is 36.4 Å². The summed E-state index contributed by atoms with van der Waals surface area (Å²) in [6.45, 7) is 3.95. The van der Waals surface area contributed by atoms with Gasteiger partial charge in [0.1, 0.15) is 5.75 Å². The Labute approximate surface area is 205 Å². The molecule has 2 aliphatic heterocycles. The monoisotopic (exact) mass is 471 g/mol. The number of fused-ring (bicyclic) bond motifs is 7. The van der Waals surface area contributed by atoms with Crippen molar-refractivity contribution in [1.29, 1.82) is 0 Å². The Morgan fingerprint density at radius 3 is 2.74 bits per heavy atom. The lowest BCUT2D eigenvalue weighted by molar-refractivity contribution is 0.0436. The maximum Gasteiger partial charge on any atom is 0.320 e. The molecule has 0 spiro atoms. The van der Waals surface area contributed by atoms with Crippen molar-refractivity contribution in [2.24, 2.45) is 0 Å². The molecule has 0 aliphatic carbocycles. The predicted molar refractivity (Wildman–Crippen MR) is 135 cm³/mol. The Balaban J connectivity index is 1.43. The Hall–Kier alpha value is -3.91. The second-order valence-corrected chi connectivity index (χ2v) is 8.49. The first kappa shape index (κ1) is 22.9. The number of hydrogen-bond acceptors (Lipinski definition) is 6. The van der Waals surface area contributed by atoms with Gasteiger partial charge in [-0.3, -0.25) is 0 Å². The molecule has 3 aromatic rings. The van der Waals surface area contributed by atoms with E-state index < -0.39 is 0 Å². The summed E-state index contributed by atoms with van der Waals surface area (Å²) in [5.74, 6) is 1.30. The van der Waals surface area contributed by atoms with E-state index >= 15 is 0 Å². The van der Waals surface area contributed by atoms with Crippen molar-refractivity contribution in [2.45, 2.75) is 13.0 Å². The molecule has 8 heteroatoms. The zero-order valence-electron chi connectivity index (χ0n) is 19.6. The van der Waals surface area contributed by atoms with Gasteiger partial charge in [0.2, 0.25) is 5.95 Å². The fourth-order valence-electron chi connectivity index (χ4n) is 4.15. The van der Waals surface area contributed by atoms with E-state index in [1.54, 1.807) is 6.20 Å². The number of benzene rings is 2. The van der Waals surface area contributed by atoms with Crippen molar-refractivity contribution in [3.05, 3.63) is 78.5 Å². The van der Waals surface area contributed by atoms with E-state index in [0.29, 0.717) is 51.9 Å². The van der Waals surface area contributed by atoms with Gasteiger partial charge in [-0.15, -0.1) is 0 Å². The van der Waals surface area contributed by atoms with Crippen LogP contribution in [0.25, 0.3) is 11.3 Å². The average molecular weight is 472 g/mol. The molecule has 2 amide bonds. The van der Waals surface area contributed by atoms with Gasteiger partial charge in [0.05, 0.1) is 25.5 Å². The van der Waals surface area contributed by atoms with E-state index in [0.717, 1.165) is 34.7 Å². The molecule has 5 rings (SSSR count). The lowest BCUT2D eigenvalue weighted by Gasteiger charge is -2.32. The van der Waals surface area contributed by atoms with Crippen molar-refractivity contribution in [2.75, 3.05) is 44.8 Å². The van der Waals surface area contributed by atoms with E-state index in [1.165, 1.54) is 0 Å². The first-order valence-corrected chi connectivity index (χ1v) is 11.9. The number of carbonyl (C=O) groups is 1. The number of urea groups is 1. The SMILES string of the molecule is O=C(N1CCOCC1)N1C/C=C/CCOc2cccc(c2)-c2ccnc(n2)Nc2cccc(c2)C1. The summed E-state index contributed by atoms with van der Waals surface area (Å²) in [6, 6.07) is 17.8. The summed E-state index contributed by atoms with van der Waals surface area (Å²) in [4.78, 5) is 26.1. The molecular formula is C27H29N5O3. The van der Waals surface area contributed by atoms with Gasteiger partial charge in [-0.2, -0.15) is 0 Å². The largest absolute Gasteiger partial charge is 0.493 e. The van der Waals surface area contributed by atoms with Gasteiger partial charge in [0, 0.05) is 43.6 Å². The maximum atomic E-state index is 13.3.